The molecule has 0 spiro atoms. The molecule has 5 nitrogen and oxygen atoms in total. The van der Waals surface area contributed by atoms with E-state index in [1.807, 2.05) is 6.07 Å². The number of hydrogen-bond acceptors (Lipinski definition) is 3. The predicted molar refractivity (Wildman–Crippen MR) is 91.9 cm³/mol. The zero-order chi connectivity index (χ0) is 16.9. The third-order valence-electron chi connectivity index (χ3n) is 3.66. The number of nitrogens with one attached hydrogen (secondary N) is 2. The summed E-state index contributed by atoms with van der Waals surface area (Å²) in [5, 5.41) is 5.54. The quantitative estimate of drug-likeness (QED) is 0.851. The number of fused-ring (bicyclic) bond motifs is 1. The van der Waals surface area contributed by atoms with Gasteiger partial charge in [-0.2, -0.15) is 0 Å². The zero-order valence-corrected chi connectivity index (χ0v) is 13.0. The highest BCUT2D eigenvalue weighted by Gasteiger charge is 2.15. The Morgan fingerprint density at radius 1 is 1.25 bits per heavy atom. The van der Waals surface area contributed by atoms with E-state index in [9.17, 15) is 9.59 Å². The van der Waals surface area contributed by atoms with Gasteiger partial charge in [-0.1, -0.05) is 12.0 Å². The molecule has 2 aromatic carbocycles. The average molecular weight is 320 g/mol. The molecule has 5 heteroatoms. The van der Waals surface area contributed by atoms with E-state index in [-0.39, 0.29) is 18.4 Å². The Bertz CT molecular complexity index is 837. The minimum atomic E-state index is -0.268. The van der Waals surface area contributed by atoms with Gasteiger partial charge in [-0.3, -0.25) is 9.59 Å². The van der Waals surface area contributed by atoms with Gasteiger partial charge < -0.3 is 15.4 Å². The van der Waals surface area contributed by atoms with Crippen molar-refractivity contribution in [3.8, 4) is 18.1 Å². The summed E-state index contributed by atoms with van der Waals surface area (Å²) in [5.74, 6) is 2.86. The third kappa shape index (κ3) is 3.73. The summed E-state index contributed by atoms with van der Waals surface area (Å²) >= 11 is 0. The number of hydrogen-bond donors (Lipinski definition) is 2. The summed E-state index contributed by atoms with van der Waals surface area (Å²) in [4.78, 5) is 23.3. The highest BCUT2D eigenvalue weighted by atomic mass is 16.5. The van der Waals surface area contributed by atoms with Crippen LogP contribution in [0.5, 0.6) is 5.75 Å². The molecule has 0 atom stereocenters. The van der Waals surface area contributed by atoms with E-state index in [0.717, 1.165) is 11.3 Å². The van der Waals surface area contributed by atoms with Crippen LogP contribution in [0.1, 0.15) is 17.5 Å². The Labute approximate surface area is 140 Å². The van der Waals surface area contributed by atoms with Crippen molar-refractivity contribution in [2.75, 3.05) is 17.2 Å². The van der Waals surface area contributed by atoms with Crippen LogP contribution in [0.2, 0.25) is 0 Å². The maximum absolute atomic E-state index is 12.0. The van der Waals surface area contributed by atoms with E-state index in [2.05, 4.69) is 16.6 Å². The molecule has 24 heavy (non-hydrogen) atoms. The number of aryl methyl sites for hydroxylation is 1. The number of ether oxygens (including phenoxy) is 1. The summed E-state index contributed by atoms with van der Waals surface area (Å²) in [6, 6.07) is 12.4. The maximum Gasteiger partial charge on any atom is 0.262 e. The van der Waals surface area contributed by atoms with Crippen LogP contribution in [0, 0.1) is 12.3 Å². The molecule has 0 saturated carbocycles. The van der Waals surface area contributed by atoms with Crippen LogP contribution in [-0.2, 0) is 16.0 Å². The van der Waals surface area contributed by atoms with Crippen molar-refractivity contribution in [1.29, 1.82) is 0 Å². The number of amides is 2. The molecule has 0 fully saturated rings. The van der Waals surface area contributed by atoms with Crippen molar-refractivity contribution in [2.24, 2.45) is 0 Å². The molecule has 2 N–H and O–H groups in total. The van der Waals surface area contributed by atoms with Crippen LogP contribution >= 0.6 is 0 Å². The molecule has 1 heterocycles. The van der Waals surface area contributed by atoms with Crippen LogP contribution in [-0.4, -0.2) is 18.4 Å². The number of benzene rings is 2. The normalized spacial score (nSPS) is 12.5. The molecule has 1 aliphatic rings. The summed E-state index contributed by atoms with van der Waals surface area (Å²) in [6.07, 6.45) is 6.47. The number of carbonyl (C=O) groups is 2. The fraction of sp³-hybridized carbons (Fsp3) is 0.158. The van der Waals surface area contributed by atoms with Crippen LogP contribution < -0.4 is 15.4 Å². The molecular formula is C19H16N2O3. The number of terminal acetylenes is 1. The van der Waals surface area contributed by atoms with Crippen LogP contribution in [0.15, 0.2) is 42.5 Å². The minimum absolute atomic E-state index is 0.0183. The van der Waals surface area contributed by atoms with Gasteiger partial charge in [0.05, 0.1) is 0 Å². The van der Waals surface area contributed by atoms with Crippen LogP contribution in [0.25, 0.3) is 0 Å². The standard InChI is InChI=1S/C19H16N2O3/c1-2-13-4-3-5-15(10-13)20-19(23)12-24-16-7-8-17-14(11-16)6-9-18(22)21-17/h1,3-5,7-8,10-11H,6,9,12H2,(H,20,23)(H,21,22). The Balaban J connectivity index is 1.58. The number of carbonyl (C=O) groups excluding carboxylic acids is 2. The molecule has 1 aliphatic heterocycles. The lowest BCUT2D eigenvalue weighted by Gasteiger charge is -2.17. The first kappa shape index (κ1) is 15.6. The predicted octanol–water partition coefficient (Wildman–Crippen LogP) is 2.57. The highest BCUT2D eigenvalue weighted by molar-refractivity contribution is 5.94. The van der Waals surface area contributed by atoms with Gasteiger partial charge in [-0.05, 0) is 48.4 Å². The Hall–Kier alpha value is -3.26. The van der Waals surface area contributed by atoms with E-state index in [1.165, 1.54) is 0 Å². The van der Waals surface area contributed by atoms with Gasteiger partial charge in [0.15, 0.2) is 6.61 Å². The van der Waals surface area contributed by atoms with Gasteiger partial charge in [0, 0.05) is 23.4 Å². The molecule has 0 unspecified atom stereocenters. The van der Waals surface area contributed by atoms with Gasteiger partial charge in [-0.25, -0.2) is 0 Å². The molecule has 0 saturated heterocycles. The lowest BCUT2D eigenvalue weighted by atomic mass is 10.0. The van der Waals surface area contributed by atoms with Crippen molar-refractivity contribution < 1.29 is 14.3 Å². The molecule has 0 aliphatic carbocycles. The van der Waals surface area contributed by atoms with Crippen molar-refractivity contribution >= 4 is 23.2 Å². The molecule has 120 valence electrons. The van der Waals surface area contributed by atoms with Crippen molar-refractivity contribution in [1.82, 2.24) is 0 Å². The van der Waals surface area contributed by atoms with Gasteiger partial charge in [0.2, 0.25) is 5.91 Å². The molecular weight excluding hydrogens is 304 g/mol. The van der Waals surface area contributed by atoms with Gasteiger partial charge in [-0.15, -0.1) is 6.42 Å². The zero-order valence-electron chi connectivity index (χ0n) is 13.0. The third-order valence-corrected chi connectivity index (χ3v) is 3.66. The first-order chi connectivity index (χ1) is 11.6. The van der Waals surface area contributed by atoms with Gasteiger partial charge >= 0.3 is 0 Å². The second kappa shape index (κ2) is 6.88. The summed E-state index contributed by atoms with van der Waals surface area (Å²) in [5.41, 5.74) is 3.14. The molecule has 2 aromatic rings. The second-order valence-corrected chi connectivity index (χ2v) is 5.43. The summed E-state index contributed by atoms with van der Waals surface area (Å²) in [6.45, 7) is -0.106. The smallest absolute Gasteiger partial charge is 0.262 e. The molecule has 0 bridgehead atoms. The molecule has 0 aromatic heterocycles. The topological polar surface area (TPSA) is 67.4 Å². The number of rotatable bonds is 4. The van der Waals surface area contributed by atoms with E-state index in [1.54, 1.807) is 36.4 Å². The largest absolute Gasteiger partial charge is 0.484 e. The minimum Gasteiger partial charge on any atom is -0.484 e. The average Bonchev–Trinajstić information content (AvgIpc) is 2.60. The van der Waals surface area contributed by atoms with Crippen molar-refractivity contribution in [2.45, 2.75) is 12.8 Å². The Kier molecular flexibility index (Phi) is 4.48. The van der Waals surface area contributed by atoms with Crippen LogP contribution in [0.4, 0.5) is 11.4 Å². The SMILES string of the molecule is C#Cc1cccc(NC(=O)COc2ccc3c(c2)CCC(=O)N3)c1. The Morgan fingerprint density at radius 3 is 2.96 bits per heavy atom. The fourth-order valence-corrected chi connectivity index (χ4v) is 2.48. The Morgan fingerprint density at radius 2 is 2.12 bits per heavy atom. The second-order valence-electron chi connectivity index (χ2n) is 5.43. The molecule has 2 amide bonds. The van der Waals surface area contributed by atoms with E-state index < -0.39 is 0 Å². The van der Waals surface area contributed by atoms with E-state index >= 15 is 0 Å². The van der Waals surface area contributed by atoms with Crippen LogP contribution in [0.3, 0.4) is 0 Å². The highest BCUT2D eigenvalue weighted by Crippen LogP contribution is 2.26. The maximum atomic E-state index is 12.0. The van der Waals surface area contributed by atoms with Crippen molar-refractivity contribution in [3.63, 3.8) is 0 Å². The monoisotopic (exact) mass is 320 g/mol. The lowest BCUT2D eigenvalue weighted by Crippen LogP contribution is -2.21. The van der Waals surface area contributed by atoms with E-state index in [4.69, 9.17) is 11.2 Å². The first-order valence-corrected chi connectivity index (χ1v) is 7.56. The lowest BCUT2D eigenvalue weighted by molar-refractivity contribution is -0.118. The summed E-state index contributed by atoms with van der Waals surface area (Å²) < 4.78 is 5.52. The van der Waals surface area contributed by atoms with E-state index in [0.29, 0.717) is 29.8 Å². The molecule has 0 radical (unpaired) electrons. The fourth-order valence-electron chi connectivity index (χ4n) is 2.48. The van der Waals surface area contributed by atoms with Gasteiger partial charge in [0.1, 0.15) is 5.75 Å². The van der Waals surface area contributed by atoms with Gasteiger partial charge in [0.25, 0.3) is 5.91 Å². The summed E-state index contributed by atoms with van der Waals surface area (Å²) in [7, 11) is 0. The first-order valence-electron chi connectivity index (χ1n) is 7.56. The number of anilines is 2. The molecule has 3 rings (SSSR count). The van der Waals surface area contributed by atoms with Crippen molar-refractivity contribution in [3.05, 3.63) is 53.6 Å².